The maximum absolute atomic E-state index is 12.7. The summed E-state index contributed by atoms with van der Waals surface area (Å²) >= 11 is 5.92. The Bertz CT molecular complexity index is 653. The van der Waals surface area contributed by atoms with E-state index in [9.17, 15) is 4.39 Å². The van der Waals surface area contributed by atoms with Crippen LogP contribution in [-0.4, -0.2) is 57.8 Å². The van der Waals surface area contributed by atoms with Crippen molar-refractivity contribution < 1.29 is 13.9 Å². The van der Waals surface area contributed by atoms with Crippen LogP contribution in [0.3, 0.4) is 0 Å². The normalized spacial score (nSPS) is 14.8. The summed E-state index contributed by atoms with van der Waals surface area (Å²) in [6.45, 7) is 2.84. The number of nitrogens with zero attached hydrogens (tertiary/aromatic N) is 6. The number of morpholine rings is 1. The van der Waals surface area contributed by atoms with Crippen LogP contribution in [0.5, 0.6) is 6.01 Å². The van der Waals surface area contributed by atoms with Crippen LogP contribution >= 0.6 is 11.6 Å². The van der Waals surface area contributed by atoms with E-state index in [1.54, 1.807) is 0 Å². The Morgan fingerprint density at radius 1 is 1.17 bits per heavy atom. The quantitative estimate of drug-likeness (QED) is 0.794. The minimum absolute atomic E-state index is 0.0644. The highest BCUT2D eigenvalue weighted by atomic mass is 35.5. The molecule has 0 radical (unpaired) electrons. The lowest BCUT2D eigenvalue weighted by Gasteiger charge is -2.26. The molecule has 0 bridgehead atoms. The van der Waals surface area contributed by atoms with Gasteiger partial charge in [-0.15, -0.1) is 0 Å². The van der Waals surface area contributed by atoms with E-state index in [0.717, 1.165) is 12.4 Å². The Morgan fingerprint density at radius 3 is 2.65 bits per heavy atom. The van der Waals surface area contributed by atoms with Crippen molar-refractivity contribution in [1.82, 2.24) is 24.9 Å². The molecule has 1 aliphatic rings. The summed E-state index contributed by atoms with van der Waals surface area (Å²) in [5.41, 5.74) is 0. The molecule has 2 aromatic heterocycles. The number of hydrogen-bond donors (Lipinski definition) is 0. The third kappa shape index (κ3) is 4.42. The van der Waals surface area contributed by atoms with Gasteiger partial charge in [-0.25, -0.2) is 14.4 Å². The van der Waals surface area contributed by atoms with Gasteiger partial charge in [0.05, 0.1) is 32.2 Å². The molecule has 0 aromatic carbocycles. The first-order valence-electron chi connectivity index (χ1n) is 7.04. The summed E-state index contributed by atoms with van der Waals surface area (Å²) in [6, 6.07) is 0.133. The minimum Gasteiger partial charge on any atom is -0.463 e. The highest BCUT2D eigenvalue weighted by molar-refractivity contribution is 6.28. The minimum atomic E-state index is -0.478. The van der Waals surface area contributed by atoms with Gasteiger partial charge < -0.3 is 14.4 Å². The van der Waals surface area contributed by atoms with E-state index in [0.29, 0.717) is 44.5 Å². The van der Waals surface area contributed by atoms with Crippen LogP contribution in [0.1, 0.15) is 5.82 Å². The Labute approximate surface area is 136 Å². The highest BCUT2D eigenvalue weighted by Gasteiger charge is 2.16. The van der Waals surface area contributed by atoms with Crippen LogP contribution in [0.2, 0.25) is 5.28 Å². The number of hydrogen-bond acceptors (Lipinski definition) is 8. The molecule has 0 saturated carbocycles. The molecule has 1 aliphatic heterocycles. The van der Waals surface area contributed by atoms with Gasteiger partial charge in [-0.2, -0.15) is 15.0 Å². The molecule has 10 heteroatoms. The second-order valence-corrected chi connectivity index (χ2v) is 5.04. The zero-order valence-electron chi connectivity index (χ0n) is 12.2. The highest BCUT2D eigenvalue weighted by Crippen LogP contribution is 2.16. The average molecular weight is 341 g/mol. The molecule has 8 nitrogen and oxygen atoms in total. The topological polar surface area (TPSA) is 86.2 Å². The van der Waals surface area contributed by atoms with Gasteiger partial charge in [0.2, 0.25) is 11.2 Å². The summed E-state index contributed by atoms with van der Waals surface area (Å²) in [7, 11) is 0. The first-order chi connectivity index (χ1) is 11.2. The number of rotatable bonds is 5. The zero-order valence-corrected chi connectivity index (χ0v) is 12.9. The lowest BCUT2D eigenvalue weighted by atomic mass is 10.4. The first-order valence-corrected chi connectivity index (χ1v) is 7.42. The van der Waals surface area contributed by atoms with Gasteiger partial charge in [-0.05, 0) is 11.6 Å². The summed E-state index contributed by atoms with van der Waals surface area (Å²) in [4.78, 5) is 21.9. The molecule has 0 aliphatic carbocycles. The van der Waals surface area contributed by atoms with Crippen molar-refractivity contribution in [3.63, 3.8) is 0 Å². The molecule has 0 N–H and O–H groups in total. The standard InChI is InChI=1S/C13H14ClFN6O2/c14-11-18-12(21-2-5-22-6-3-21)20-13(19-11)23-4-1-10-16-7-9(15)8-17-10/h7-8H,1-6H2. The molecular formula is C13H14ClFN6O2. The largest absolute Gasteiger partial charge is 0.463 e. The van der Waals surface area contributed by atoms with E-state index in [1.807, 2.05) is 4.90 Å². The molecule has 1 saturated heterocycles. The summed E-state index contributed by atoms with van der Waals surface area (Å²) < 4.78 is 23.5. The van der Waals surface area contributed by atoms with Crippen LogP contribution in [0.4, 0.5) is 10.3 Å². The maximum Gasteiger partial charge on any atom is 0.322 e. The summed E-state index contributed by atoms with van der Waals surface area (Å²) in [5, 5.41) is 0.0644. The van der Waals surface area contributed by atoms with Gasteiger partial charge in [-0.1, -0.05) is 0 Å². The van der Waals surface area contributed by atoms with Crippen LogP contribution < -0.4 is 9.64 Å². The number of anilines is 1. The first kappa shape index (κ1) is 15.8. The van der Waals surface area contributed by atoms with Crippen LogP contribution in [0.15, 0.2) is 12.4 Å². The molecule has 23 heavy (non-hydrogen) atoms. The average Bonchev–Trinajstić information content (AvgIpc) is 2.57. The van der Waals surface area contributed by atoms with Gasteiger partial charge in [0.25, 0.3) is 0 Å². The van der Waals surface area contributed by atoms with Gasteiger partial charge in [-0.3, -0.25) is 0 Å². The molecular weight excluding hydrogens is 327 g/mol. The van der Waals surface area contributed by atoms with E-state index in [2.05, 4.69) is 24.9 Å². The lowest BCUT2D eigenvalue weighted by molar-refractivity contribution is 0.122. The number of aromatic nitrogens is 5. The second kappa shape index (κ2) is 7.42. The van der Waals surface area contributed by atoms with Crippen molar-refractivity contribution in [3.05, 3.63) is 29.3 Å². The fourth-order valence-electron chi connectivity index (χ4n) is 1.99. The smallest absolute Gasteiger partial charge is 0.322 e. The molecule has 3 heterocycles. The molecule has 0 spiro atoms. The Morgan fingerprint density at radius 2 is 1.91 bits per heavy atom. The molecule has 2 aromatic rings. The second-order valence-electron chi connectivity index (χ2n) is 4.70. The van der Waals surface area contributed by atoms with Gasteiger partial charge in [0.15, 0.2) is 5.82 Å². The number of halogens is 2. The lowest BCUT2D eigenvalue weighted by Crippen LogP contribution is -2.37. The van der Waals surface area contributed by atoms with Crippen molar-refractivity contribution >= 4 is 17.5 Å². The van der Waals surface area contributed by atoms with Crippen LogP contribution in [0, 0.1) is 5.82 Å². The van der Waals surface area contributed by atoms with Crippen molar-refractivity contribution in [3.8, 4) is 6.01 Å². The van der Waals surface area contributed by atoms with Gasteiger partial charge in [0.1, 0.15) is 5.82 Å². The van der Waals surface area contributed by atoms with E-state index in [4.69, 9.17) is 21.1 Å². The van der Waals surface area contributed by atoms with Crippen LogP contribution in [-0.2, 0) is 11.2 Å². The molecule has 0 unspecified atom stereocenters. The maximum atomic E-state index is 12.7. The van der Waals surface area contributed by atoms with Gasteiger partial charge >= 0.3 is 6.01 Å². The Hall–Kier alpha value is -2.13. The SMILES string of the molecule is Fc1cnc(CCOc2nc(Cl)nc(N3CCOCC3)n2)nc1. The van der Waals surface area contributed by atoms with E-state index >= 15 is 0 Å². The fraction of sp³-hybridized carbons (Fsp3) is 0.462. The van der Waals surface area contributed by atoms with Crippen molar-refractivity contribution in [1.29, 1.82) is 0 Å². The summed E-state index contributed by atoms with van der Waals surface area (Å²) in [6.07, 6.45) is 2.62. The molecule has 1 fully saturated rings. The monoisotopic (exact) mass is 340 g/mol. The Kier molecular flexibility index (Phi) is 5.09. The predicted octanol–water partition coefficient (Wildman–Crippen LogP) is 0.912. The van der Waals surface area contributed by atoms with E-state index in [1.165, 1.54) is 0 Å². The fourth-order valence-corrected chi connectivity index (χ4v) is 2.14. The van der Waals surface area contributed by atoms with Crippen molar-refractivity contribution in [2.24, 2.45) is 0 Å². The predicted molar refractivity (Wildman–Crippen MR) is 79.1 cm³/mol. The molecule has 122 valence electrons. The third-order valence-corrected chi connectivity index (χ3v) is 3.27. The summed E-state index contributed by atoms with van der Waals surface area (Å²) in [5.74, 6) is 0.454. The van der Waals surface area contributed by atoms with Crippen molar-refractivity contribution in [2.45, 2.75) is 6.42 Å². The van der Waals surface area contributed by atoms with E-state index < -0.39 is 5.82 Å². The third-order valence-electron chi connectivity index (χ3n) is 3.10. The zero-order chi connectivity index (χ0) is 16.1. The molecule has 3 rings (SSSR count). The van der Waals surface area contributed by atoms with Crippen molar-refractivity contribution in [2.75, 3.05) is 37.8 Å². The molecule has 0 atom stereocenters. The van der Waals surface area contributed by atoms with E-state index in [-0.39, 0.29) is 17.9 Å². The van der Waals surface area contributed by atoms with Crippen LogP contribution in [0.25, 0.3) is 0 Å². The van der Waals surface area contributed by atoms with Gasteiger partial charge in [0, 0.05) is 19.5 Å². The number of ether oxygens (including phenoxy) is 2. The Balaban J connectivity index is 1.60. The molecule has 0 amide bonds.